The van der Waals surface area contributed by atoms with Crippen LogP contribution in [-0.2, 0) is 9.53 Å². The van der Waals surface area contributed by atoms with E-state index in [1.54, 1.807) is 79.7 Å². The number of phenolic OH excluding ortho intramolecular Hbond substituents is 1. The van der Waals surface area contributed by atoms with E-state index >= 15 is 0 Å². The zero-order valence-electron chi connectivity index (χ0n) is 20.7. The van der Waals surface area contributed by atoms with E-state index in [1.165, 1.54) is 17.0 Å². The highest BCUT2D eigenvalue weighted by Gasteiger charge is 2.33. The Morgan fingerprint density at radius 3 is 2.46 bits per heavy atom. The van der Waals surface area contributed by atoms with Gasteiger partial charge in [-0.2, -0.15) is 0 Å². The van der Waals surface area contributed by atoms with Crippen LogP contribution < -0.4 is 4.90 Å². The number of carbonyl (C=O) groups is 2. The van der Waals surface area contributed by atoms with Crippen LogP contribution in [0, 0.1) is 10.1 Å². The van der Waals surface area contributed by atoms with E-state index in [-0.39, 0.29) is 29.3 Å². The third-order valence-electron chi connectivity index (χ3n) is 6.07. The van der Waals surface area contributed by atoms with Gasteiger partial charge in [-0.05, 0) is 55.0 Å². The van der Waals surface area contributed by atoms with Gasteiger partial charge in [-0.1, -0.05) is 42.5 Å². The third kappa shape index (κ3) is 5.05. The Hall–Kier alpha value is -5.44. The number of hydrogen-bond acceptors (Lipinski definition) is 7. The summed E-state index contributed by atoms with van der Waals surface area (Å²) in [5, 5.41) is 21.9. The van der Waals surface area contributed by atoms with E-state index in [0.717, 1.165) is 11.6 Å². The molecule has 0 saturated carbocycles. The fourth-order valence-corrected chi connectivity index (χ4v) is 4.20. The highest BCUT2D eigenvalue weighted by molar-refractivity contribution is 6.23. The normalized spacial score (nSPS) is 14.0. The molecule has 0 fully saturated rings. The second-order valence-corrected chi connectivity index (χ2v) is 8.57. The summed E-state index contributed by atoms with van der Waals surface area (Å²) >= 11 is 0. The number of non-ortho nitro benzene ring substituents is 1. The minimum absolute atomic E-state index is 0.00507. The maximum atomic E-state index is 13.6. The monoisotopic (exact) mass is 522 g/mol. The Morgan fingerprint density at radius 2 is 1.77 bits per heavy atom. The number of nitro groups is 1. The average molecular weight is 523 g/mol. The quantitative estimate of drug-likeness (QED) is 0.132. The minimum atomic E-state index is -0.588. The van der Waals surface area contributed by atoms with Gasteiger partial charge in [0.05, 0.1) is 28.5 Å². The van der Waals surface area contributed by atoms with Gasteiger partial charge < -0.3 is 14.3 Å². The molecule has 3 aromatic carbocycles. The van der Waals surface area contributed by atoms with Crippen molar-refractivity contribution in [2.75, 3.05) is 11.5 Å². The molecule has 0 unspecified atom stereocenters. The van der Waals surface area contributed by atoms with Crippen molar-refractivity contribution in [1.29, 1.82) is 0 Å². The molecule has 9 nitrogen and oxygen atoms in total. The molecular weight excluding hydrogens is 500 g/mol. The van der Waals surface area contributed by atoms with Crippen molar-refractivity contribution in [1.82, 2.24) is 0 Å². The molecule has 39 heavy (non-hydrogen) atoms. The molecule has 0 aliphatic carbocycles. The summed E-state index contributed by atoms with van der Waals surface area (Å²) in [5.74, 6) is -0.237. The summed E-state index contributed by atoms with van der Waals surface area (Å²) in [7, 11) is 0. The van der Waals surface area contributed by atoms with E-state index < -0.39 is 16.8 Å². The number of benzene rings is 3. The van der Waals surface area contributed by atoms with Gasteiger partial charge in [-0.15, -0.1) is 0 Å². The molecule has 1 aromatic heterocycles. The maximum Gasteiger partial charge on any atom is 0.338 e. The summed E-state index contributed by atoms with van der Waals surface area (Å²) in [5.41, 5.74) is 2.28. The minimum Gasteiger partial charge on any atom is -0.506 e. The smallest absolute Gasteiger partial charge is 0.338 e. The van der Waals surface area contributed by atoms with E-state index in [9.17, 15) is 24.8 Å². The standard InChI is InChI=1S/C30H22N2O7/c1-2-38-30(35)21-10-8-20(9-11-21)28-15-13-24(39-28)16-22-17-25(19-6-4-3-5-7-19)31(29(22)34)26-18-23(32(36)37)12-14-27(26)33/h3-18,33H,2H2,1H3/b22-16+. The van der Waals surface area contributed by atoms with Gasteiger partial charge >= 0.3 is 5.97 Å². The lowest BCUT2D eigenvalue weighted by atomic mass is 10.1. The zero-order chi connectivity index (χ0) is 27.5. The first kappa shape index (κ1) is 25.2. The van der Waals surface area contributed by atoms with Gasteiger partial charge in [0.15, 0.2) is 0 Å². The molecule has 5 rings (SSSR count). The first-order valence-corrected chi connectivity index (χ1v) is 12.0. The second-order valence-electron chi connectivity index (χ2n) is 8.57. The predicted octanol–water partition coefficient (Wildman–Crippen LogP) is 6.21. The fraction of sp³-hybridized carbons (Fsp3) is 0.0667. The highest BCUT2D eigenvalue weighted by Crippen LogP contribution is 2.41. The van der Waals surface area contributed by atoms with Crippen LogP contribution in [0.1, 0.15) is 28.6 Å². The molecule has 0 bridgehead atoms. The van der Waals surface area contributed by atoms with Gasteiger partial charge in [0.25, 0.3) is 11.6 Å². The van der Waals surface area contributed by atoms with Crippen LogP contribution in [0.25, 0.3) is 23.1 Å². The summed E-state index contributed by atoms with van der Waals surface area (Å²) in [6.45, 7) is 2.03. The number of nitrogens with zero attached hydrogens (tertiary/aromatic N) is 2. The number of rotatable bonds is 7. The lowest BCUT2D eigenvalue weighted by Gasteiger charge is -2.21. The number of furan rings is 1. The Kier molecular flexibility index (Phi) is 6.79. The van der Waals surface area contributed by atoms with Crippen LogP contribution in [0.4, 0.5) is 11.4 Å². The van der Waals surface area contributed by atoms with Crippen molar-refractivity contribution < 1.29 is 28.8 Å². The van der Waals surface area contributed by atoms with E-state index in [1.807, 2.05) is 6.07 Å². The van der Waals surface area contributed by atoms with Crippen molar-refractivity contribution in [3.8, 4) is 17.1 Å². The molecule has 0 radical (unpaired) electrons. The Labute approximate surface area is 223 Å². The molecule has 194 valence electrons. The molecule has 4 aromatic rings. The van der Waals surface area contributed by atoms with Crippen molar-refractivity contribution in [2.45, 2.75) is 6.92 Å². The average Bonchev–Trinajstić information content (AvgIpc) is 3.54. The van der Waals surface area contributed by atoms with E-state index in [4.69, 9.17) is 9.15 Å². The number of nitro benzene ring substituents is 1. The zero-order valence-corrected chi connectivity index (χ0v) is 20.7. The molecule has 0 atom stereocenters. The molecule has 1 N–H and O–H groups in total. The Morgan fingerprint density at radius 1 is 1.03 bits per heavy atom. The largest absolute Gasteiger partial charge is 0.506 e. The van der Waals surface area contributed by atoms with E-state index in [0.29, 0.717) is 28.3 Å². The number of amides is 1. The number of aromatic hydroxyl groups is 1. The summed E-state index contributed by atoms with van der Waals surface area (Å²) in [6, 6.07) is 22.8. The molecule has 1 amide bonds. The number of phenols is 1. The summed E-state index contributed by atoms with van der Waals surface area (Å²) in [4.78, 5) is 37.5. The van der Waals surface area contributed by atoms with Gasteiger partial charge in [0, 0.05) is 23.3 Å². The van der Waals surface area contributed by atoms with Crippen LogP contribution in [0.3, 0.4) is 0 Å². The molecular formula is C30H22N2O7. The van der Waals surface area contributed by atoms with Crippen LogP contribution in [0.15, 0.2) is 101 Å². The summed E-state index contributed by atoms with van der Waals surface area (Å²) in [6.07, 6.45) is 3.21. The van der Waals surface area contributed by atoms with Crippen molar-refractivity contribution in [2.24, 2.45) is 0 Å². The number of ether oxygens (including phenoxy) is 1. The molecule has 2 heterocycles. The first-order chi connectivity index (χ1) is 18.9. The fourth-order valence-electron chi connectivity index (χ4n) is 4.20. The van der Waals surface area contributed by atoms with Gasteiger partial charge in [0.2, 0.25) is 0 Å². The molecule has 1 aliphatic heterocycles. The van der Waals surface area contributed by atoms with E-state index in [2.05, 4.69) is 0 Å². The number of esters is 1. The number of carbonyl (C=O) groups excluding carboxylic acids is 2. The second kappa shape index (κ2) is 10.5. The van der Waals surface area contributed by atoms with Gasteiger partial charge in [-0.25, -0.2) is 4.79 Å². The van der Waals surface area contributed by atoms with Crippen molar-refractivity contribution in [3.63, 3.8) is 0 Å². The van der Waals surface area contributed by atoms with Crippen LogP contribution in [0.2, 0.25) is 0 Å². The third-order valence-corrected chi connectivity index (χ3v) is 6.07. The first-order valence-electron chi connectivity index (χ1n) is 12.0. The molecule has 0 spiro atoms. The molecule has 0 saturated heterocycles. The van der Waals surface area contributed by atoms with Crippen LogP contribution >= 0.6 is 0 Å². The highest BCUT2D eigenvalue weighted by atomic mass is 16.6. The van der Waals surface area contributed by atoms with Gasteiger partial charge in [-0.3, -0.25) is 19.8 Å². The topological polar surface area (TPSA) is 123 Å². The predicted molar refractivity (Wildman–Crippen MR) is 145 cm³/mol. The van der Waals surface area contributed by atoms with Crippen molar-refractivity contribution in [3.05, 3.63) is 124 Å². The lowest BCUT2D eigenvalue weighted by Crippen LogP contribution is -2.25. The summed E-state index contributed by atoms with van der Waals surface area (Å²) < 4.78 is 11.0. The number of anilines is 1. The van der Waals surface area contributed by atoms with Crippen LogP contribution in [0.5, 0.6) is 5.75 Å². The van der Waals surface area contributed by atoms with Gasteiger partial charge in [0.1, 0.15) is 17.3 Å². The number of hydrogen-bond donors (Lipinski definition) is 1. The lowest BCUT2D eigenvalue weighted by molar-refractivity contribution is -0.384. The SMILES string of the molecule is CCOC(=O)c1ccc(-c2ccc(/C=C3\C=C(c4ccccc4)N(c4cc([N+](=O)[O-])ccc4O)C3=O)o2)cc1. The maximum absolute atomic E-state index is 13.6. The Bertz CT molecular complexity index is 1630. The molecule has 1 aliphatic rings. The Balaban J connectivity index is 1.50. The van der Waals surface area contributed by atoms with Crippen molar-refractivity contribution >= 4 is 35.0 Å². The van der Waals surface area contributed by atoms with Crippen LogP contribution in [-0.4, -0.2) is 28.5 Å². The molecule has 9 heteroatoms.